The van der Waals surface area contributed by atoms with Crippen molar-refractivity contribution < 1.29 is 14.8 Å². The zero-order valence-corrected chi connectivity index (χ0v) is 11.0. The number of benzene rings is 1. The molecule has 1 aromatic rings. The Morgan fingerprint density at radius 3 is 2.58 bits per heavy atom. The lowest BCUT2D eigenvalue weighted by Crippen LogP contribution is -2.25. The van der Waals surface area contributed by atoms with E-state index in [1.165, 1.54) is 5.06 Å². The molecule has 0 saturated carbocycles. The van der Waals surface area contributed by atoms with Gasteiger partial charge in [-0.25, -0.2) is 5.06 Å². The molecule has 1 amide bonds. The van der Waals surface area contributed by atoms with Crippen molar-refractivity contribution in [2.24, 2.45) is 10.9 Å². The van der Waals surface area contributed by atoms with E-state index in [0.717, 1.165) is 5.56 Å². The van der Waals surface area contributed by atoms with Crippen LogP contribution in [0.1, 0.15) is 31.4 Å². The number of hydroxylamine groups is 2. The van der Waals surface area contributed by atoms with E-state index in [1.54, 1.807) is 12.1 Å². The van der Waals surface area contributed by atoms with Gasteiger partial charge < -0.3 is 10.9 Å². The third kappa shape index (κ3) is 3.03. The lowest BCUT2D eigenvalue weighted by atomic mass is 10.1. The van der Waals surface area contributed by atoms with Crippen molar-refractivity contribution in [1.82, 2.24) is 5.06 Å². The second kappa shape index (κ2) is 4.89. The quantitative estimate of drug-likeness (QED) is 0.371. The van der Waals surface area contributed by atoms with Gasteiger partial charge in [0.2, 0.25) is 5.91 Å². The van der Waals surface area contributed by atoms with E-state index >= 15 is 0 Å². The lowest BCUT2D eigenvalue weighted by molar-refractivity contribution is -0.195. The molecule has 1 fully saturated rings. The Morgan fingerprint density at radius 2 is 2.11 bits per heavy atom. The molecule has 0 spiro atoms. The molecule has 0 aliphatic carbocycles. The van der Waals surface area contributed by atoms with Crippen LogP contribution in [0.25, 0.3) is 0 Å². The van der Waals surface area contributed by atoms with Crippen LogP contribution in [0, 0.1) is 0 Å². The van der Waals surface area contributed by atoms with E-state index in [0.29, 0.717) is 18.5 Å². The minimum Gasteiger partial charge on any atom is -0.409 e. The van der Waals surface area contributed by atoms with Crippen LogP contribution in [0.5, 0.6) is 0 Å². The van der Waals surface area contributed by atoms with Gasteiger partial charge >= 0.3 is 0 Å². The highest BCUT2D eigenvalue weighted by Gasteiger charge is 2.37. The van der Waals surface area contributed by atoms with E-state index in [2.05, 4.69) is 5.16 Å². The van der Waals surface area contributed by atoms with Crippen LogP contribution in [-0.4, -0.2) is 27.6 Å². The number of carbonyl (C=O) groups is 1. The van der Waals surface area contributed by atoms with Crippen molar-refractivity contribution in [3.05, 3.63) is 35.4 Å². The van der Waals surface area contributed by atoms with Crippen molar-refractivity contribution in [1.29, 1.82) is 0 Å². The van der Waals surface area contributed by atoms with Gasteiger partial charge in [0.05, 0.1) is 18.6 Å². The molecule has 6 heteroatoms. The zero-order valence-electron chi connectivity index (χ0n) is 11.0. The largest absolute Gasteiger partial charge is 0.409 e. The maximum Gasteiger partial charge on any atom is 0.249 e. The van der Waals surface area contributed by atoms with Gasteiger partial charge in [0.15, 0.2) is 5.84 Å². The monoisotopic (exact) mass is 263 g/mol. The first-order valence-electron chi connectivity index (χ1n) is 5.97. The van der Waals surface area contributed by atoms with Crippen molar-refractivity contribution in [3.8, 4) is 0 Å². The highest BCUT2D eigenvalue weighted by Crippen LogP contribution is 2.27. The van der Waals surface area contributed by atoms with Crippen LogP contribution in [0.3, 0.4) is 0 Å². The van der Waals surface area contributed by atoms with Crippen molar-refractivity contribution >= 4 is 11.7 Å². The van der Waals surface area contributed by atoms with E-state index < -0.39 is 5.60 Å². The summed E-state index contributed by atoms with van der Waals surface area (Å²) in [6, 6.07) is 7.09. The fourth-order valence-electron chi connectivity index (χ4n) is 1.96. The summed E-state index contributed by atoms with van der Waals surface area (Å²) in [6.45, 7) is 4.15. The molecule has 0 radical (unpaired) electrons. The van der Waals surface area contributed by atoms with Gasteiger partial charge in [-0.15, -0.1) is 0 Å². The molecule has 3 N–H and O–H groups in total. The van der Waals surface area contributed by atoms with Gasteiger partial charge in [0, 0.05) is 5.56 Å². The maximum absolute atomic E-state index is 11.7. The van der Waals surface area contributed by atoms with Crippen molar-refractivity contribution in [3.63, 3.8) is 0 Å². The molecule has 0 bridgehead atoms. The minimum atomic E-state index is -0.439. The van der Waals surface area contributed by atoms with Crippen LogP contribution < -0.4 is 5.73 Å². The molecule has 0 atom stereocenters. The minimum absolute atomic E-state index is 0.0227. The molecule has 1 saturated heterocycles. The Morgan fingerprint density at radius 1 is 1.47 bits per heavy atom. The molecule has 1 heterocycles. The van der Waals surface area contributed by atoms with Crippen LogP contribution in [-0.2, 0) is 16.2 Å². The van der Waals surface area contributed by atoms with Gasteiger partial charge in [-0.1, -0.05) is 29.4 Å². The first-order chi connectivity index (χ1) is 8.91. The molecule has 1 aliphatic heterocycles. The predicted molar refractivity (Wildman–Crippen MR) is 69.3 cm³/mol. The third-order valence-corrected chi connectivity index (χ3v) is 2.90. The smallest absolute Gasteiger partial charge is 0.249 e. The Labute approximate surface area is 111 Å². The summed E-state index contributed by atoms with van der Waals surface area (Å²) in [7, 11) is 0. The van der Waals surface area contributed by atoms with E-state index in [1.807, 2.05) is 26.0 Å². The van der Waals surface area contributed by atoms with Crippen LogP contribution in [0.15, 0.2) is 29.4 Å². The number of hydrogen-bond acceptors (Lipinski definition) is 4. The summed E-state index contributed by atoms with van der Waals surface area (Å²) in [6.07, 6.45) is 0.384. The number of carbonyl (C=O) groups excluding carboxylic acids is 1. The Bertz CT molecular complexity index is 508. The summed E-state index contributed by atoms with van der Waals surface area (Å²) in [4.78, 5) is 17.3. The molecule has 1 aliphatic rings. The normalized spacial score (nSPS) is 18.9. The molecule has 19 heavy (non-hydrogen) atoms. The predicted octanol–water partition coefficient (Wildman–Crippen LogP) is 1.22. The Kier molecular flexibility index (Phi) is 3.44. The van der Waals surface area contributed by atoms with Gasteiger partial charge in [-0.2, -0.15) is 0 Å². The highest BCUT2D eigenvalue weighted by atomic mass is 16.7. The fraction of sp³-hybridized carbons (Fsp3) is 0.385. The van der Waals surface area contributed by atoms with E-state index in [4.69, 9.17) is 15.8 Å². The summed E-state index contributed by atoms with van der Waals surface area (Å²) in [5.41, 5.74) is 6.58. The van der Waals surface area contributed by atoms with Gasteiger partial charge in [0.25, 0.3) is 0 Å². The highest BCUT2D eigenvalue weighted by molar-refractivity contribution is 5.96. The summed E-state index contributed by atoms with van der Waals surface area (Å²) < 4.78 is 0. The van der Waals surface area contributed by atoms with Gasteiger partial charge in [-0.05, 0) is 19.4 Å². The second-order valence-electron chi connectivity index (χ2n) is 5.14. The molecule has 0 aromatic heterocycles. The first-order valence-corrected chi connectivity index (χ1v) is 5.97. The van der Waals surface area contributed by atoms with Crippen molar-refractivity contribution in [2.75, 3.05) is 0 Å². The van der Waals surface area contributed by atoms with Gasteiger partial charge in [-0.3, -0.25) is 9.63 Å². The molecule has 2 rings (SSSR count). The summed E-state index contributed by atoms with van der Waals surface area (Å²) in [5, 5.41) is 12.9. The molecular weight excluding hydrogens is 246 g/mol. The van der Waals surface area contributed by atoms with Crippen molar-refractivity contribution in [2.45, 2.75) is 32.4 Å². The van der Waals surface area contributed by atoms with E-state index in [-0.39, 0.29) is 11.7 Å². The number of amidine groups is 1. The SMILES string of the molecule is CC1(C)CC(=O)N(Cc2ccc(C(N)=NO)cc2)O1. The zero-order chi connectivity index (χ0) is 14.0. The van der Waals surface area contributed by atoms with Gasteiger partial charge in [0.1, 0.15) is 0 Å². The number of rotatable bonds is 3. The van der Waals surface area contributed by atoms with Crippen LogP contribution in [0.4, 0.5) is 0 Å². The van der Waals surface area contributed by atoms with Crippen LogP contribution >= 0.6 is 0 Å². The molecule has 6 nitrogen and oxygen atoms in total. The number of amides is 1. The standard InChI is InChI=1S/C13H17N3O3/c1-13(2)7-11(17)16(19-13)8-9-3-5-10(6-4-9)12(14)15-18/h3-6,18H,7-8H2,1-2H3,(H2,14,15). The molecule has 102 valence electrons. The summed E-state index contributed by atoms with van der Waals surface area (Å²) >= 11 is 0. The topological polar surface area (TPSA) is 88.2 Å². The number of nitrogens with zero attached hydrogens (tertiary/aromatic N) is 2. The number of nitrogens with two attached hydrogens (primary N) is 1. The molecule has 1 aromatic carbocycles. The molecule has 0 unspecified atom stereocenters. The lowest BCUT2D eigenvalue weighted by Gasteiger charge is -2.19. The maximum atomic E-state index is 11.7. The fourth-order valence-corrected chi connectivity index (χ4v) is 1.96. The van der Waals surface area contributed by atoms with E-state index in [9.17, 15) is 4.79 Å². The first kappa shape index (κ1) is 13.4. The second-order valence-corrected chi connectivity index (χ2v) is 5.14. The Hall–Kier alpha value is -2.08. The molecular formula is C13H17N3O3. The summed E-state index contributed by atoms with van der Waals surface area (Å²) in [5.74, 6) is 0.0340. The third-order valence-electron chi connectivity index (χ3n) is 2.90. The number of oxime groups is 1. The average molecular weight is 263 g/mol. The number of hydrogen-bond donors (Lipinski definition) is 2. The van der Waals surface area contributed by atoms with Crippen LogP contribution in [0.2, 0.25) is 0 Å². The Balaban J connectivity index is 2.06. The average Bonchev–Trinajstić information content (AvgIpc) is 2.62.